The molecule has 2 aromatic rings. The Morgan fingerprint density at radius 2 is 2.27 bits per heavy atom. The molecule has 0 fully saturated rings. The average molecular weight is 168 g/mol. The third kappa shape index (κ3) is 0.973. The fraction of sp³-hybridized carbons (Fsp3) is 0.143. The van der Waals surface area contributed by atoms with Gasteiger partial charge in [-0.2, -0.15) is 15.4 Å². The molecule has 0 bridgehead atoms. The standard InChI is InChI=1S/C7H6ClN3/c8-4-5-2-1-3-6-7(5)10-11-9-6/h1-3H,4H2,(H,9,10,11). The zero-order valence-electron chi connectivity index (χ0n) is 5.71. The fourth-order valence-corrected chi connectivity index (χ4v) is 1.25. The summed E-state index contributed by atoms with van der Waals surface area (Å²) in [7, 11) is 0. The molecule has 1 aromatic carbocycles. The Labute approximate surface area is 68.4 Å². The van der Waals surface area contributed by atoms with Crippen LogP contribution in [0.3, 0.4) is 0 Å². The van der Waals surface area contributed by atoms with E-state index in [9.17, 15) is 0 Å². The van der Waals surface area contributed by atoms with Crippen molar-refractivity contribution in [3.63, 3.8) is 0 Å². The van der Waals surface area contributed by atoms with E-state index in [1.165, 1.54) is 0 Å². The van der Waals surface area contributed by atoms with E-state index >= 15 is 0 Å². The number of nitrogens with zero attached hydrogens (tertiary/aromatic N) is 2. The molecule has 0 unspecified atom stereocenters. The lowest BCUT2D eigenvalue weighted by molar-refractivity contribution is 0.958. The van der Waals surface area contributed by atoms with Crippen LogP contribution in [0.4, 0.5) is 0 Å². The third-order valence-electron chi connectivity index (χ3n) is 1.57. The largest absolute Gasteiger partial charge is 0.197 e. The number of fused-ring (bicyclic) bond motifs is 1. The van der Waals surface area contributed by atoms with Crippen molar-refractivity contribution in [3.05, 3.63) is 23.8 Å². The van der Waals surface area contributed by atoms with Crippen LogP contribution in [0.25, 0.3) is 11.0 Å². The van der Waals surface area contributed by atoms with Gasteiger partial charge in [-0.1, -0.05) is 12.1 Å². The van der Waals surface area contributed by atoms with Crippen molar-refractivity contribution in [2.45, 2.75) is 5.88 Å². The lowest BCUT2D eigenvalue weighted by Crippen LogP contribution is -1.79. The van der Waals surface area contributed by atoms with E-state index in [0.29, 0.717) is 5.88 Å². The Balaban J connectivity index is 2.79. The van der Waals surface area contributed by atoms with Crippen LogP contribution in [0, 0.1) is 0 Å². The normalized spacial score (nSPS) is 10.6. The summed E-state index contributed by atoms with van der Waals surface area (Å²) in [5.41, 5.74) is 2.74. The summed E-state index contributed by atoms with van der Waals surface area (Å²) in [4.78, 5) is 0. The second-order valence-electron chi connectivity index (χ2n) is 2.24. The second-order valence-corrected chi connectivity index (χ2v) is 2.51. The number of aromatic amines is 1. The molecular weight excluding hydrogens is 162 g/mol. The Hall–Kier alpha value is -1.09. The van der Waals surface area contributed by atoms with Gasteiger partial charge in [0.1, 0.15) is 11.0 Å². The van der Waals surface area contributed by atoms with Crippen LogP contribution in [0.15, 0.2) is 18.2 Å². The van der Waals surface area contributed by atoms with Crippen LogP contribution in [-0.2, 0) is 5.88 Å². The predicted octanol–water partition coefficient (Wildman–Crippen LogP) is 1.70. The SMILES string of the molecule is ClCc1cccc2n[nH]nc12. The number of hydrogen-bond donors (Lipinski definition) is 1. The highest BCUT2D eigenvalue weighted by Crippen LogP contribution is 2.14. The van der Waals surface area contributed by atoms with Gasteiger partial charge in [-0.3, -0.25) is 0 Å². The first-order chi connectivity index (χ1) is 5.42. The van der Waals surface area contributed by atoms with E-state index in [1.54, 1.807) is 0 Å². The molecule has 11 heavy (non-hydrogen) atoms. The summed E-state index contributed by atoms with van der Waals surface area (Å²) < 4.78 is 0. The molecule has 0 atom stereocenters. The summed E-state index contributed by atoms with van der Waals surface area (Å²) in [6.07, 6.45) is 0. The minimum atomic E-state index is 0.476. The summed E-state index contributed by atoms with van der Waals surface area (Å²) in [5.74, 6) is 0.476. The molecule has 3 nitrogen and oxygen atoms in total. The molecule has 0 amide bonds. The van der Waals surface area contributed by atoms with E-state index < -0.39 is 0 Å². The zero-order chi connectivity index (χ0) is 7.68. The molecule has 0 aliphatic carbocycles. The molecule has 0 aliphatic heterocycles. The van der Waals surface area contributed by atoms with Gasteiger partial charge < -0.3 is 0 Å². The summed E-state index contributed by atoms with van der Waals surface area (Å²) in [6, 6.07) is 5.76. The van der Waals surface area contributed by atoms with Crippen LogP contribution in [-0.4, -0.2) is 15.4 Å². The second kappa shape index (κ2) is 2.51. The number of rotatable bonds is 1. The van der Waals surface area contributed by atoms with Crippen molar-refractivity contribution >= 4 is 22.6 Å². The van der Waals surface area contributed by atoms with Gasteiger partial charge in [0, 0.05) is 5.88 Å². The molecule has 0 aliphatic rings. The van der Waals surface area contributed by atoms with Crippen LogP contribution in [0.5, 0.6) is 0 Å². The van der Waals surface area contributed by atoms with Crippen LogP contribution >= 0.6 is 11.6 Å². The molecule has 0 spiro atoms. The first-order valence-corrected chi connectivity index (χ1v) is 3.79. The van der Waals surface area contributed by atoms with Gasteiger partial charge in [0.15, 0.2) is 0 Å². The number of hydrogen-bond acceptors (Lipinski definition) is 2. The van der Waals surface area contributed by atoms with E-state index in [-0.39, 0.29) is 0 Å². The summed E-state index contributed by atoms with van der Waals surface area (Å²) >= 11 is 5.68. The number of H-pyrrole nitrogens is 1. The quantitative estimate of drug-likeness (QED) is 0.657. The highest BCUT2D eigenvalue weighted by Gasteiger charge is 2.01. The van der Waals surface area contributed by atoms with E-state index in [4.69, 9.17) is 11.6 Å². The molecule has 4 heteroatoms. The van der Waals surface area contributed by atoms with Gasteiger partial charge >= 0.3 is 0 Å². The van der Waals surface area contributed by atoms with Crippen LogP contribution < -0.4 is 0 Å². The van der Waals surface area contributed by atoms with Crippen molar-refractivity contribution in [2.24, 2.45) is 0 Å². The van der Waals surface area contributed by atoms with Crippen molar-refractivity contribution in [1.82, 2.24) is 15.4 Å². The topological polar surface area (TPSA) is 41.6 Å². The molecule has 0 saturated heterocycles. The van der Waals surface area contributed by atoms with Gasteiger partial charge in [0.2, 0.25) is 0 Å². The van der Waals surface area contributed by atoms with Crippen molar-refractivity contribution in [2.75, 3.05) is 0 Å². The molecule has 0 radical (unpaired) electrons. The maximum Gasteiger partial charge on any atom is 0.117 e. The predicted molar refractivity (Wildman–Crippen MR) is 43.4 cm³/mol. The first-order valence-electron chi connectivity index (χ1n) is 3.26. The fourth-order valence-electron chi connectivity index (χ4n) is 1.03. The zero-order valence-corrected chi connectivity index (χ0v) is 6.47. The van der Waals surface area contributed by atoms with Crippen LogP contribution in [0.2, 0.25) is 0 Å². The van der Waals surface area contributed by atoms with Gasteiger partial charge in [-0.05, 0) is 11.6 Å². The minimum Gasteiger partial charge on any atom is -0.197 e. The molecule has 56 valence electrons. The molecule has 1 N–H and O–H groups in total. The Kier molecular flexibility index (Phi) is 1.51. The first kappa shape index (κ1) is 6.61. The average Bonchev–Trinajstić information content (AvgIpc) is 2.50. The number of alkyl halides is 1. The molecule has 1 heterocycles. The number of nitrogens with one attached hydrogen (secondary N) is 1. The number of aromatic nitrogens is 3. The van der Waals surface area contributed by atoms with E-state index in [0.717, 1.165) is 16.6 Å². The Morgan fingerprint density at radius 3 is 3.09 bits per heavy atom. The van der Waals surface area contributed by atoms with Gasteiger partial charge in [-0.15, -0.1) is 11.6 Å². The maximum atomic E-state index is 5.68. The lowest BCUT2D eigenvalue weighted by Gasteiger charge is -1.92. The lowest BCUT2D eigenvalue weighted by atomic mass is 10.2. The van der Waals surface area contributed by atoms with Crippen molar-refractivity contribution < 1.29 is 0 Å². The number of benzene rings is 1. The number of para-hydroxylation sites is 1. The van der Waals surface area contributed by atoms with Crippen LogP contribution in [0.1, 0.15) is 5.56 Å². The molecular formula is C7H6ClN3. The Morgan fingerprint density at radius 1 is 1.36 bits per heavy atom. The smallest absolute Gasteiger partial charge is 0.117 e. The Bertz CT molecular complexity index is 368. The molecule has 0 saturated carbocycles. The summed E-state index contributed by atoms with van der Waals surface area (Å²) in [5, 5.41) is 10.5. The van der Waals surface area contributed by atoms with Crippen molar-refractivity contribution in [3.8, 4) is 0 Å². The van der Waals surface area contributed by atoms with Gasteiger partial charge in [0.25, 0.3) is 0 Å². The van der Waals surface area contributed by atoms with Gasteiger partial charge in [-0.25, -0.2) is 0 Å². The monoisotopic (exact) mass is 167 g/mol. The third-order valence-corrected chi connectivity index (χ3v) is 1.86. The highest BCUT2D eigenvalue weighted by molar-refractivity contribution is 6.17. The molecule has 1 aromatic heterocycles. The highest BCUT2D eigenvalue weighted by atomic mass is 35.5. The maximum absolute atomic E-state index is 5.68. The van der Waals surface area contributed by atoms with Crippen molar-refractivity contribution in [1.29, 1.82) is 0 Å². The summed E-state index contributed by atoms with van der Waals surface area (Å²) in [6.45, 7) is 0. The van der Waals surface area contributed by atoms with Gasteiger partial charge in [0.05, 0.1) is 0 Å². The molecule has 2 rings (SSSR count). The van der Waals surface area contributed by atoms with E-state index in [2.05, 4.69) is 15.4 Å². The minimum absolute atomic E-state index is 0.476. The van der Waals surface area contributed by atoms with E-state index in [1.807, 2.05) is 18.2 Å². The number of halogens is 1.